The van der Waals surface area contributed by atoms with Gasteiger partial charge in [0.25, 0.3) is 5.91 Å². The predicted molar refractivity (Wildman–Crippen MR) is 105 cm³/mol. The number of carbonyl (C=O) groups excluding carboxylic acids is 1. The number of fused-ring (bicyclic) bond motifs is 1. The molecule has 0 aliphatic carbocycles. The molecule has 0 atom stereocenters. The summed E-state index contributed by atoms with van der Waals surface area (Å²) >= 11 is 0. The molecule has 4 rings (SSSR count). The van der Waals surface area contributed by atoms with Crippen molar-refractivity contribution in [1.82, 2.24) is 0 Å². The third kappa shape index (κ3) is 3.99. The molecule has 0 unspecified atom stereocenters. The molecule has 2 heterocycles. The molecule has 0 saturated carbocycles. The zero-order valence-corrected chi connectivity index (χ0v) is 15.2. The van der Waals surface area contributed by atoms with Gasteiger partial charge in [0.1, 0.15) is 11.6 Å². The monoisotopic (exact) mass is 385 g/mol. The van der Waals surface area contributed by atoms with Crippen LogP contribution >= 0.6 is 0 Å². The average molecular weight is 385 g/mol. The summed E-state index contributed by atoms with van der Waals surface area (Å²) in [4.78, 5) is 12.1. The third-order valence-corrected chi connectivity index (χ3v) is 5.04. The number of amides is 1. The smallest absolute Gasteiger partial charge is 0.257 e. The van der Waals surface area contributed by atoms with Crippen molar-refractivity contribution in [3.05, 3.63) is 59.8 Å². The van der Waals surface area contributed by atoms with Crippen LogP contribution in [0.2, 0.25) is 0 Å². The lowest BCUT2D eigenvalue weighted by Crippen LogP contribution is -2.22. The number of nitrogens with one attached hydrogen (secondary N) is 3. The first-order chi connectivity index (χ1) is 13.6. The van der Waals surface area contributed by atoms with Crippen LogP contribution in [0.1, 0.15) is 18.4 Å². The van der Waals surface area contributed by atoms with Gasteiger partial charge >= 0.3 is 0 Å². The number of anilines is 3. The van der Waals surface area contributed by atoms with Gasteiger partial charge in [0.05, 0.1) is 11.3 Å². The highest BCUT2D eigenvalue weighted by Gasteiger charge is 2.24. The normalized spacial score (nSPS) is 18.1. The molecule has 2 aromatic carbocycles. The Morgan fingerprint density at radius 2 is 1.96 bits per heavy atom. The number of halogens is 2. The maximum Gasteiger partial charge on any atom is 0.257 e. The van der Waals surface area contributed by atoms with Crippen LogP contribution in [0.4, 0.5) is 25.8 Å². The van der Waals surface area contributed by atoms with E-state index in [2.05, 4.69) is 16.0 Å². The second kappa shape index (κ2) is 7.98. The average Bonchev–Trinajstić information content (AvgIpc) is 3.01. The fourth-order valence-corrected chi connectivity index (χ4v) is 3.41. The van der Waals surface area contributed by atoms with Gasteiger partial charge < -0.3 is 20.7 Å². The summed E-state index contributed by atoms with van der Waals surface area (Å²) in [5.74, 6) is -0.648. The van der Waals surface area contributed by atoms with Crippen LogP contribution in [0.3, 0.4) is 0 Å². The first kappa shape index (κ1) is 18.4. The van der Waals surface area contributed by atoms with E-state index in [1.54, 1.807) is 12.1 Å². The molecule has 1 amide bonds. The Labute approximate surface area is 161 Å². The lowest BCUT2D eigenvalue weighted by molar-refractivity contribution is -0.110. The molecule has 0 radical (unpaired) electrons. The van der Waals surface area contributed by atoms with Crippen molar-refractivity contribution >= 4 is 28.5 Å². The molecule has 0 spiro atoms. The zero-order chi connectivity index (χ0) is 19.5. The summed E-state index contributed by atoms with van der Waals surface area (Å²) in [5.41, 5.74) is 2.28. The van der Waals surface area contributed by atoms with Gasteiger partial charge in [-0.25, -0.2) is 8.78 Å². The van der Waals surface area contributed by atoms with Crippen LogP contribution < -0.4 is 16.0 Å². The quantitative estimate of drug-likeness (QED) is 0.675. The van der Waals surface area contributed by atoms with Gasteiger partial charge in [-0.2, -0.15) is 0 Å². The van der Waals surface area contributed by atoms with Crippen LogP contribution in [0.15, 0.2) is 42.6 Å². The first-order valence-corrected chi connectivity index (χ1v) is 9.29. The maximum atomic E-state index is 14.4. The van der Waals surface area contributed by atoms with Gasteiger partial charge in [0.2, 0.25) is 0 Å². The minimum absolute atomic E-state index is 0.302. The van der Waals surface area contributed by atoms with E-state index >= 15 is 0 Å². The van der Waals surface area contributed by atoms with Crippen LogP contribution in [0.25, 0.3) is 5.57 Å². The molecule has 3 N–H and O–H groups in total. The Kier molecular flexibility index (Phi) is 5.25. The van der Waals surface area contributed by atoms with Crippen molar-refractivity contribution in [2.75, 3.05) is 35.7 Å². The zero-order valence-electron chi connectivity index (χ0n) is 15.2. The Balaban J connectivity index is 1.43. The summed E-state index contributed by atoms with van der Waals surface area (Å²) in [5, 5.41) is 8.75. The molecule has 2 aromatic rings. The Morgan fingerprint density at radius 1 is 1.14 bits per heavy atom. The molecule has 28 heavy (non-hydrogen) atoms. The van der Waals surface area contributed by atoms with Gasteiger partial charge in [-0.3, -0.25) is 4.79 Å². The highest BCUT2D eigenvalue weighted by Crippen LogP contribution is 2.32. The predicted octanol–water partition coefficient (Wildman–Crippen LogP) is 4.21. The Hall–Kier alpha value is -2.93. The van der Waals surface area contributed by atoms with Crippen molar-refractivity contribution in [3.8, 4) is 0 Å². The second-order valence-electron chi connectivity index (χ2n) is 6.98. The van der Waals surface area contributed by atoms with Crippen LogP contribution in [-0.4, -0.2) is 25.7 Å². The maximum absolute atomic E-state index is 14.4. The van der Waals surface area contributed by atoms with E-state index in [9.17, 15) is 13.6 Å². The fraction of sp³-hybridized carbons (Fsp3) is 0.286. The molecule has 2 aliphatic rings. The SMILES string of the molecule is O=C1Nc2ccc(F)cc2C1=CNc1ccc(NCC2CCOCC2)c(F)c1. The summed E-state index contributed by atoms with van der Waals surface area (Å²) < 4.78 is 33.2. The molecule has 7 heteroatoms. The van der Waals surface area contributed by atoms with Gasteiger partial charge in [-0.05, 0) is 55.2 Å². The van der Waals surface area contributed by atoms with E-state index in [0.717, 1.165) is 26.1 Å². The molecule has 1 saturated heterocycles. The number of ether oxygens (including phenoxy) is 1. The molecule has 1 fully saturated rings. The number of hydrogen-bond donors (Lipinski definition) is 3. The summed E-state index contributed by atoms with van der Waals surface area (Å²) in [6.45, 7) is 2.22. The van der Waals surface area contributed by atoms with E-state index in [1.165, 1.54) is 30.5 Å². The van der Waals surface area contributed by atoms with Crippen LogP contribution in [0.5, 0.6) is 0 Å². The van der Waals surface area contributed by atoms with Crippen molar-refractivity contribution in [2.45, 2.75) is 12.8 Å². The molecular weight excluding hydrogens is 364 g/mol. The second-order valence-corrected chi connectivity index (χ2v) is 6.98. The molecule has 0 bridgehead atoms. The van der Waals surface area contributed by atoms with Gasteiger partial charge in [-0.15, -0.1) is 0 Å². The lowest BCUT2D eigenvalue weighted by atomic mass is 10.0. The van der Waals surface area contributed by atoms with Gasteiger partial charge in [-0.1, -0.05) is 0 Å². The molecule has 146 valence electrons. The third-order valence-electron chi connectivity index (χ3n) is 5.04. The van der Waals surface area contributed by atoms with Crippen molar-refractivity contribution < 1.29 is 18.3 Å². The fourth-order valence-electron chi connectivity index (χ4n) is 3.41. The minimum Gasteiger partial charge on any atom is -0.382 e. The van der Waals surface area contributed by atoms with E-state index in [0.29, 0.717) is 40.7 Å². The van der Waals surface area contributed by atoms with E-state index in [4.69, 9.17) is 4.74 Å². The van der Waals surface area contributed by atoms with Crippen LogP contribution in [-0.2, 0) is 9.53 Å². The topological polar surface area (TPSA) is 62.4 Å². The minimum atomic E-state index is -0.424. The highest BCUT2D eigenvalue weighted by atomic mass is 19.1. The Bertz CT molecular complexity index is 924. The van der Waals surface area contributed by atoms with Crippen molar-refractivity contribution in [3.63, 3.8) is 0 Å². The van der Waals surface area contributed by atoms with Crippen molar-refractivity contribution in [2.24, 2.45) is 5.92 Å². The molecular formula is C21H21F2N3O2. The molecule has 0 aromatic heterocycles. The lowest BCUT2D eigenvalue weighted by Gasteiger charge is -2.22. The largest absolute Gasteiger partial charge is 0.382 e. The first-order valence-electron chi connectivity index (χ1n) is 9.29. The van der Waals surface area contributed by atoms with Gasteiger partial charge in [0.15, 0.2) is 0 Å². The number of benzene rings is 2. The van der Waals surface area contributed by atoms with Crippen molar-refractivity contribution in [1.29, 1.82) is 0 Å². The molecule has 5 nitrogen and oxygen atoms in total. The summed E-state index contributed by atoms with van der Waals surface area (Å²) in [7, 11) is 0. The number of hydrogen-bond acceptors (Lipinski definition) is 4. The van der Waals surface area contributed by atoms with Gasteiger partial charge in [0, 0.05) is 42.9 Å². The summed E-state index contributed by atoms with van der Waals surface area (Å²) in [6.07, 6.45) is 3.42. The highest BCUT2D eigenvalue weighted by molar-refractivity contribution is 6.31. The van der Waals surface area contributed by atoms with Crippen LogP contribution in [0, 0.1) is 17.6 Å². The number of carbonyl (C=O) groups is 1. The summed E-state index contributed by atoms with van der Waals surface area (Å²) in [6, 6.07) is 8.86. The Morgan fingerprint density at radius 3 is 2.75 bits per heavy atom. The number of rotatable bonds is 5. The standard InChI is InChI=1S/C21H21F2N3O2/c22-14-1-3-19-16(9-14)17(21(27)26-19)12-24-15-2-4-20(18(23)10-15)25-11-13-5-7-28-8-6-13/h1-4,9-10,12-13,24-25H,5-8,11H2,(H,26,27). The van der Waals surface area contributed by atoms with E-state index in [-0.39, 0.29) is 11.7 Å². The molecule has 2 aliphatic heterocycles. The van der Waals surface area contributed by atoms with E-state index < -0.39 is 5.82 Å². The van der Waals surface area contributed by atoms with E-state index in [1.807, 2.05) is 0 Å².